The van der Waals surface area contributed by atoms with Crippen molar-refractivity contribution in [3.05, 3.63) is 0 Å². The van der Waals surface area contributed by atoms with E-state index in [1.165, 1.54) is 25.7 Å². The number of carbonyl (C=O) groups excluding carboxylic acids is 1. The fraction of sp³-hybridized carbons (Fsp3) is 0.917. The number of nitrogens with one attached hydrogen (secondary N) is 2. The molecule has 2 atom stereocenters. The minimum Gasteiger partial charge on any atom is -0.354 e. The topological polar surface area (TPSA) is 41.1 Å². The molecule has 0 spiro atoms. The van der Waals surface area contributed by atoms with Crippen molar-refractivity contribution in [1.29, 1.82) is 0 Å². The van der Waals surface area contributed by atoms with Crippen LogP contribution in [0.5, 0.6) is 0 Å². The van der Waals surface area contributed by atoms with Crippen LogP contribution in [0.1, 0.15) is 39.5 Å². The fourth-order valence-electron chi connectivity index (χ4n) is 2.36. The zero-order valence-electron chi connectivity index (χ0n) is 9.81. The molecule has 2 aliphatic rings. The Hall–Kier alpha value is -0.570. The molecular formula is C12H22N2O. The molecule has 1 aliphatic carbocycles. The van der Waals surface area contributed by atoms with Crippen LogP contribution in [0.25, 0.3) is 0 Å². The van der Waals surface area contributed by atoms with Gasteiger partial charge < -0.3 is 10.6 Å². The molecule has 0 bridgehead atoms. The summed E-state index contributed by atoms with van der Waals surface area (Å²) in [5.74, 6) is 1.12. The molecule has 0 aromatic heterocycles. The lowest BCUT2D eigenvalue weighted by atomic mass is 9.99. The molecule has 3 nitrogen and oxygen atoms in total. The van der Waals surface area contributed by atoms with Crippen molar-refractivity contribution in [3.63, 3.8) is 0 Å². The predicted octanol–water partition coefficient (Wildman–Crippen LogP) is 1.29. The van der Waals surface area contributed by atoms with E-state index in [1.54, 1.807) is 0 Å². The molecule has 2 rings (SSSR count). The van der Waals surface area contributed by atoms with Crippen molar-refractivity contribution in [2.75, 3.05) is 13.1 Å². The first kappa shape index (κ1) is 10.9. The second-order valence-corrected chi connectivity index (χ2v) is 5.43. The highest BCUT2D eigenvalue weighted by Gasteiger charge is 2.34. The molecule has 15 heavy (non-hydrogen) atoms. The molecule has 2 unspecified atom stereocenters. The molecule has 2 fully saturated rings. The summed E-state index contributed by atoms with van der Waals surface area (Å²) in [6.45, 7) is 6.12. The zero-order valence-corrected chi connectivity index (χ0v) is 9.81. The van der Waals surface area contributed by atoms with Crippen molar-refractivity contribution < 1.29 is 4.79 Å². The minimum absolute atomic E-state index is 0.138. The van der Waals surface area contributed by atoms with Gasteiger partial charge in [-0.05, 0) is 45.1 Å². The smallest absolute Gasteiger partial charge is 0.223 e. The van der Waals surface area contributed by atoms with E-state index in [1.807, 2.05) is 0 Å². The normalized spacial score (nSPS) is 32.7. The monoisotopic (exact) mass is 210 g/mol. The minimum atomic E-state index is 0.138. The molecule has 0 radical (unpaired) electrons. The Kier molecular flexibility index (Phi) is 3.01. The lowest BCUT2D eigenvalue weighted by molar-refractivity contribution is -0.125. The van der Waals surface area contributed by atoms with E-state index in [2.05, 4.69) is 24.5 Å². The molecule has 3 heteroatoms. The first-order valence-electron chi connectivity index (χ1n) is 6.13. The summed E-state index contributed by atoms with van der Waals surface area (Å²) in [7, 11) is 0. The maximum atomic E-state index is 11.8. The van der Waals surface area contributed by atoms with Gasteiger partial charge in [0.15, 0.2) is 0 Å². The molecule has 1 aliphatic heterocycles. The van der Waals surface area contributed by atoms with E-state index in [4.69, 9.17) is 0 Å². The SMILES string of the molecule is CC(C(=O)NCC1(C)CCCN1)C1CC1. The van der Waals surface area contributed by atoms with E-state index in [0.717, 1.165) is 13.1 Å². The molecule has 1 heterocycles. The van der Waals surface area contributed by atoms with Gasteiger partial charge in [0.2, 0.25) is 5.91 Å². The average molecular weight is 210 g/mol. The van der Waals surface area contributed by atoms with Crippen LogP contribution in [-0.4, -0.2) is 24.5 Å². The van der Waals surface area contributed by atoms with Crippen molar-refractivity contribution in [3.8, 4) is 0 Å². The first-order chi connectivity index (χ1) is 7.11. The van der Waals surface area contributed by atoms with Crippen LogP contribution in [-0.2, 0) is 4.79 Å². The van der Waals surface area contributed by atoms with Gasteiger partial charge in [-0.2, -0.15) is 0 Å². The standard InChI is InChI=1S/C12H22N2O/c1-9(10-4-5-10)11(15)13-8-12(2)6-3-7-14-12/h9-10,14H,3-8H2,1-2H3,(H,13,15). The van der Waals surface area contributed by atoms with Gasteiger partial charge in [-0.1, -0.05) is 6.92 Å². The van der Waals surface area contributed by atoms with Crippen molar-refractivity contribution in [2.24, 2.45) is 11.8 Å². The molecule has 2 N–H and O–H groups in total. The Labute approximate surface area is 92.0 Å². The van der Waals surface area contributed by atoms with Crippen molar-refractivity contribution >= 4 is 5.91 Å². The Morgan fingerprint density at radius 3 is 2.87 bits per heavy atom. The van der Waals surface area contributed by atoms with Crippen LogP contribution in [0.15, 0.2) is 0 Å². The van der Waals surface area contributed by atoms with Crippen LogP contribution >= 0.6 is 0 Å². The van der Waals surface area contributed by atoms with Gasteiger partial charge in [-0.25, -0.2) is 0 Å². The van der Waals surface area contributed by atoms with Gasteiger partial charge >= 0.3 is 0 Å². The van der Waals surface area contributed by atoms with Crippen LogP contribution in [0.2, 0.25) is 0 Å². The maximum absolute atomic E-state index is 11.8. The Bertz CT molecular complexity index is 242. The zero-order chi connectivity index (χ0) is 10.9. The molecule has 86 valence electrons. The summed E-state index contributed by atoms with van der Waals surface area (Å²) in [6, 6.07) is 0. The second kappa shape index (κ2) is 4.12. The predicted molar refractivity (Wildman–Crippen MR) is 60.5 cm³/mol. The van der Waals surface area contributed by atoms with Gasteiger partial charge in [-0.15, -0.1) is 0 Å². The molecular weight excluding hydrogens is 188 g/mol. The highest BCUT2D eigenvalue weighted by atomic mass is 16.1. The van der Waals surface area contributed by atoms with E-state index in [9.17, 15) is 4.79 Å². The maximum Gasteiger partial charge on any atom is 0.223 e. The summed E-state index contributed by atoms with van der Waals surface area (Å²) in [5, 5.41) is 6.54. The summed E-state index contributed by atoms with van der Waals surface area (Å²) in [4.78, 5) is 11.8. The second-order valence-electron chi connectivity index (χ2n) is 5.43. The summed E-state index contributed by atoms with van der Waals surface area (Å²) in [5.41, 5.74) is 0.138. The van der Waals surface area contributed by atoms with Gasteiger partial charge in [0.05, 0.1) is 0 Å². The third kappa shape index (κ3) is 2.71. The lowest BCUT2D eigenvalue weighted by Gasteiger charge is -2.25. The van der Waals surface area contributed by atoms with Crippen LogP contribution in [0.4, 0.5) is 0 Å². The van der Waals surface area contributed by atoms with Crippen LogP contribution < -0.4 is 10.6 Å². The Morgan fingerprint density at radius 2 is 2.33 bits per heavy atom. The molecule has 0 aromatic rings. The number of carbonyl (C=O) groups is 1. The first-order valence-corrected chi connectivity index (χ1v) is 6.13. The molecule has 1 saturated heterocycles. The highest BCUT2D eigenvalue weighted by Crippen LogP contribution is 2.36. The van der Waals surface area contributed by atoms with Crippen LogP contribution in [0, 0.1) is 11.8 Å². The summed E-state index contributed by atoms with van der Waals surface area (Å²) >= 11 is 0. The van der Waals surface area contributed by atoms with E-state index < -0.39 is 0 Å². The number of hydrogen-bond donors (Lipinski definition) is 2. The van der Waals surface area contributed by atoms with Gasteiger partial charge in [0.1, 0.15) is 0 Å². The quantitative estimate of drug-likeness (QED) is 0.734. The highest BCUT2D eigenvalue weighted by molar-refractivity contribution is 5.79. The molecule has 0 aromatic carbocycles. The van der Waals surface area contributed by atoms with Crippen molar-refractivity contribution in [1.82, 2.24) is 10.6 Å². The third-order valence-electron chi connectivity index (χ3n) is 3.85. The summed E-state index contributed by atoms with van der Waals surface area (Å²) in [6.07, 6.45) is 4.88. The largest absolute Gasteiger partial charge is 0.354 e. The average Bonchev–Trinajstić information content (AvgIpc) is 2.98. The Morgan fingerprint density at radius 1 is 1.60 bits per heavy atom. The van der Waals surface area contributed by atoms with E-state index in [0.29, 0.717) is 5.92 Å². The lowest BCUT2D eigenvalue weighted by Crippen LogP contribution is -2.48. The van der Waals surface area contributed by atoms with Gasteiger partial charge in [-0.3, -0.25) is 4.79 Å². The fourth-order valence-corrected chi connectivity index (χ4v) is 2.36. The van der Waals surface area contributed by atoms with E-state index >= 15 is 0 Å². The molecule has 1 amide bonds. The van der Waals surface area contributed by atoms with Crippen molar-refractivity contribution in [2.45, 2.75) is 45.1 Å². The van der Waals surface area contributed by atoms with Gasteiger partial charge in [0.25, 0.3) is 0 Å². The number of rotatable bonds is 4. The Balaban J connectivity index is 1.74. The molecule has 1 saturated carbocycles. The number of amides is 1. The van der Waals surface area contributed by atoms with E-state index in [-0.39, 0.29) is 17.4 Å². The van der Waals surface area contributed by atoms with Gasteiger partial charge in [0, 0.05) is 18.0 Å². The summed E-state index contributed by atoms with van der Waals surface area (Å²) < 4.78 is 0. The third-order valence-corrected chi connectivity index (χ3v) is 3.85. The van der Waals surface area contributed by atoms with Crippen LogP contribution in [0.3, 0.4) is 0 Å². The number of hydrogen-bond acceptors (Lipinski definition) is 2.